The summed E-state index contributed by atoms with van der Waals surface area (Å²) in [6.45, 7) is 0.388. The molecule has 2 aromatic rings. The Morgan fingerprint density at radius 2 is 2.11 bits per heavy atom. The van der Waals surface area contributed by atoms with E-state index < -0.39 is 0 Å². The lowest BCUT2D eigenvalue weighted by atomic mass is 10.1. The molecule has 0 aliphatic heterocycles. The number of nitrogens with one attached hydrogen (secondary N) is 1. The number of benzene rings is 1. The van der Waals surface area contributed by atoms with Gasteiger partial charge >= 0.3 is 0 Å². The van der Waals surface area contributed by atoms with E-state index in [4.69, 9.17) is 11.1 Å². The van der Waals surface area contributed by atoms with E-state index in [9.17, 15) is 4.39 Å². The number of nitrogens with zero attached hydrogens (tertiary/aromatic N) is 2. The predicted octanol–water partition coefficient (Wildman–Crippen LogP) is 2.14. The number of rotatable bonds is 4. The summed E-state index contributed by atoms with van der Waals surface area (Å²) in [7, 11) is 1.82. The highest BCUT2D eigenvalue weighted by atomic mass is 19.1. The summed E-state index contributed by atoms with van der Waals surface area (Å²) in [6, 6.07) is 8.29. The van der Waals surface area contributed by atoms with Crippen LogP contribution in [0, 0.1) is 11.2 Å². The Kier molecular flexibility index (Phi) is 3.75. The number of halogens is 1. The highest BCUT2D eigenvalue weighted by Gasteiger charge is 2.11. The lowest BCUT2D eigenvalue weighted by Gasteiger charge is -2.21. The first kappa shape index (κ1) is 13.0. The highest BCUT2D eigenvalue weighted by molar-refractivity contribution is 6.00. The van der Waals surface area contributed by atoms with Gasteiger partial charge in [0.2, 0.25) is 0 Å². The molecule has 5 heteroatoms. The molecular formula is C14H15FN4. The molecule has 1 aromatic heterocycles. The summed E-state index contributed by atoms with van der Waals surface area (Å²) in [4.78, 5) is 5.85. The Hall–Kier alpha value is -2.43. The Labute approximate surface area is 111 Å². The summed E-state index contributed by atoms with van der Waals surface area (Å²) >= 11 is 0. The zero-order valence-corrected chi connectivity index (χ0v) is 10.6. The maximum Gasteiger partial charge on any atom is 0.128 e. The van der Waals surface area contributed by atoms with Crippen molar-refractivity contribution < 1.29 is 4.39 Å². The number of nitrogens with two attached hydrogens (primary N) is 1. The van der Waals surface area contributed by atoms with Crippen LogP contribution in [0.15, 0.2) is 42.7 Å². The minimum Gasteiger partial charge on any atom is -0.384 e. The smallest absolute Gasteiger partial charge is 0.128 e. The van der Waals surface area contributed by atoms with Crippen LogP contribution < -0.4 is 10.6 Å². The third-order valence-corrected chi connectivity index (χ3v) is 2.87. The monoisotopic (exact) mass is 258 g/mol. The van der Waals surface area contributed by atoms with Crippen LogP contribution in [0.4, 0.5) is 10.1 Å². The lowest BCUT2D eigenvalue weighted by molar-refractivity contribution is 0.608. The normalized spacial score (nSPS) is 10.2. The minimum atomic E-state index is -0.248. The molecule has 2 rings (SSSR count). The van der Waals surface area contributed by atoms with Crippen LogP contribution in [0.25, 0.3) is 0 Å². The molecule has 0 radical (unpaired) electrons. The van der Waals surface area contributed by atoms with Crippen molar-refractivity contribution in [2.75, 3.05) is 11.9 Å². The van der Waals surface area contributed by atoms with Gasteiger partial charge in [0.25, 0.3) is 0 Å². The molecule has 4 nitrogen and oxygen atoms in total. The first-order valence-corrected chi connectivity index (χ1v) is 5.82. The van der Waals surface area contributed by atoms with Crippen molar-refractivity contribution in [3.63, 3.8) is 0 Å². The van der Waals surface area contributed by atoms with E-state index in [1.54, 1.807) is 36.7 Å². The van der Waals surface area contributed by atoms with Crippen molar-refractivity contribution in [2.45, 2.75) is 6.54 Å². The van der Waals surface area contributed by atoms with E-state index in [1.165, 1.54) is 6.07 Å². The molecule has 0 bridgehead atoms. The fraction of sp³-hybridized carbons (Fsp3) is 0.143. The lowest BCUT2D eigenvalue weighted by Crippen LogP contribution is -2.22. The first-order chi connectivity index (χ1) is 9.09. The minimum absolute atomic E-state index is 0.0298. The fourth-order valence-corrected chi connectivity index (χ4v) is 1.89. The first-order valence-electron chi connectivity index (χ1n) is 5.82. The van der Waals surface area contributed by atoms with Crippen molar-refractivity contribution in [1.29, 1.82) is 5.41 Å². The Morgan fingerprint density at radius 1 is 1.37 bits per heavy atom. The van der Waals surface area contributed by atoms with Crippen molar-refractivity contribution in [3.05, 3.63) is 59.7 Å². The molecule has 0 fully saturated rings. The summed E-state index contributed by atoms with van der Waals surface area (Å²) in [5.74, 6) is -0.277. The molecule has 0 aliphatic rings. The third kappa shape index (κ3) is 2.88. The highest BCUT2D eigenvalue weighted by Crippen LogP contribution is 2.20. The SMILES string of the molecule is CN(Cc1ccccc1F)c1cnccc1C(=N)N. The van der Waals surface area contributed by atoms with Crippen LogP contribution >= 0.6 is 0 Å². The zero-order chi connectivity index (χ0) is 13.8. The van der Waals surface area contributed by atoms with Crippen LogP contribution in [-0.2, 0) is 6.54 Å². The van der Waals surface area contributed by atoms with Gasteiger partial charge in [-0.05, 0) is 12.1 Å². The number of hydrogen-bond donors (Lipinski definition) is 2. The third-order valence-electron chi connectivity index (χ3n) is 2.87. The van der Waals surface area contributed by atoms with Crippen LogP contribution in [0.2, 0.25) is 0 Å². The van der Waals surface area contributed by atoms with Crippen LogP contribution in [-0.4, -0.2) is 17.9 Å². The molecule has 0 unspecified atom stereocenters. The molecular weight excluding hydrogens is 243 g/mol. The maximum absolute atomic E-state index is 13.6. The van der Waals surface area contributed by atoms with Gasteiger partial charge in [0.05, 0.1) is 11.9 Å². The van der Waals surface area contributed by atoms with Crippen LogP contribution in [0.3, 0.4) is 0 Å². The molecule has 19 heavy (non-hydrogen) atoms. The van der Waals surface area contributed by atoms with Crippen molar-refractivity contribution in [1.82, 2.24) is 4.98 Å². The van der Waals surface area contributed by atoms with E-state index in [2.05, 4.69) is 4.98 Å². The number of hydrogen-bond acceptors (Lipinski definition) is 3. The van der Waals surface area contributed by atoms with Gasteiger partial charge in [0.15, 0.2) is 0 Å². The van der Waals surface area contributed by atoms with E-state index in [0.29, 0.717) is 23.4 Å². The Bertz CT molecular complexity index is 598. The van der Waals surface area contributed by atoms with Gasteiger partial charge in [-0.15, -0.1) is 0 Å². The van der Waals surface area contributed by atoms with E-state index in [1.807, 2.05) is 11.9 Å². The quantitative estimate of drug-likeness (QED) is 0.652. The van der Waals surface area contributed by atoms with Gasteiger partial charge in [-0.1, -0.05) is 18.2 Å². The average molecular weight is 258 g/mol. The standard InChI is InChI=1S/C14H15FN4/c1-19(9-10-4-2-3-5-12(10)15)13-8-18-7-6-11(13)14(16)17/h2-8H,9H2,1H3,(H3,16,17). The number of anilines is 1. The zero-order valence-electron chi connectivity index (χ0n) is 10.6. The van der Waals surface area contributed by atoms with Crippen LogP contribution in [0.5, 0.6) is 0 Å². The number of nitrogen functional groups attached to an aromatic ring is 1. The van der Waals surface area contributed by atoms with Gasteiger partial charge < -0.3 is 10.6 Å². The largest absolute Gasteiger partial charge is 0.384 e. The molecule has 0 amide bonds. The van der Waals surface area contributed by atoms with Crippen LogP contribution in [0.1, 0.15) is 11.1 Å². The van der Waals surface area contributed by atoms with Crippen molar-refractivity contribution in [3.8, 4) is 0 Å². The summed E-state index contributed by atoms with van der Waals surface area (Å²) in [5.41, 5.74) is 7.42. The summed E-state index contributed by atoms with van der Waals surface area (Å²) in [6.07, 6.45) is 3.20. The Balaban J connectivity index is 2.28. The summed E-state index contributed by atoms with van der Waals surface area (Å²) in [5, 5.41) is 7.54. The second-order valence-electron chi connectivity index (χ2n) is 4.25. The molecule has 0 aliphatic carbocycles. The van der Waals surface area contributed by atoms with Gasteiger partial charge in [0, 0.05) is 30.9 Å². The number of pyridine rings is 1. The summed E-state index contributed by atoms with van der Waals surface area (Å²) < 4.78 is 13.6. The number of amidine groups is 1. The second-order valence-corrected chi connectivity index (χ2v) is 4.25. The topological polar surface area (TPSA) is 66.0 Å². The van der Waals surface area contributed by atoms with E-state index >= 15 is 0 Å². The predicted molar refractivity (Wildman–Crippen MR) is 73.8 cm³/mol. The van der Waals surface area contributed by atoms with Crippen molar-refractivity contribution >= 4 is 11.5 Å². The Morgan fingerprint density at radius 3 is 2.79 bits per heavy atom. The molecule has 0 saturated carbocycles. The van der Waals surface area contributed by atoms with Gasteiger partial charge in [-0.2, -0.15) is 0 Å². The molecule has 3 N–H and O–H groups in total. The fourth-order valence-electron chi connectivity index (χ4n) is 1.89. The number of aromatic nitrogens is 1. The van der Waals surface area contributed by atoms with Gasteiger partial charge in [0.1, 0.15) is 11.7 Å². The maximum atomic E-state index is 13.6. The van der Waals surface area contributed by atoms with E-state index in [-0.39, 0.29) is 11.7 Å². The van der Waals surface area contributed by atoms with Crippen molar-refractivity contribution in [2.24, 2.45) is 5.73 Å². The molecule has 1 aromatic carbocycles. The van der Waals surface area contributed by atoms with E-state index in [0.717, 1.165) is 0 Å². The molecule has 0 atom stereocenters. The molecule has 0 saturated heterocycles. The van der Waals surface area contributed by atoms with Gasteiger partial charge in [-0.25, -0.2) is 4.39 Å². The average Bonchev–Trinajstić information content (AvgIpc) is 2.41. The molecule has 98 valence electrons. The molecule has 0 spiro atoms. The van der Waals surface area contributed by atoms with Gasteiger partial charge in [-0.3, -0.25) is 10.4 Å². The second kappa shape index (κ2) is 5.48. The molecule has 1 heterocycles.